The molecule has 0 saturated carbocycles. The predicted molar refractivity (Wildman–Crippen MR) is 203 cm³/mol. The second-order valence-electron chi connectivity index (χ2n) is 14.5. The van der Waals surface area contributed by atoms with Crippen molar-refractivity contribution < 1.29 is 34.1 Å². The fourth-order valence-corrected chi connectivity index (χ4v) is 6.17. The van der Waals surface area contributed by atoms with Gasteiger partial charge >= 0.3 is 11.9 Å². The van der Waals surface area contributed by atoms with Gasteiger partial charge in [0.05, 0.1) is 31.1 Å². The van der Waals surface area contributed by atoms with Crippen LogP contribution < -0.4 is 19.7 Å². The number of aromatic carboxylic acids is 1. The number of nitrogens with zero attached hydrogens (tertiary/aromatic N) is 1. The lowest BCUT2D eigenvalue weighted by Crippen LogP contribution is -2.34. The topological polar surface area (TPSA) is 125 Å². The van der Waals surface area contributed by atoms with Crippen molar-refractivity contribution in [3.8, 4) is 11.5 Å². The molecule has 1 atom stereocenters. The van der Waals surface area contributed by atoms with Crippen molar-refractivity contribution >= 4 is 23.5 Å². The first-order valence-electron chi connectivity index (χ1n) is 18.3. The summed E-state index contributed by atoms with van der Waals surface area (Å²) in [5, 5.41) is 21.6. The number of aliphatic carboxylic acids is 1. The van der Waals surface area contributed by atoms with Gasteiger partial charge in [0, 0.05) is 18.8 Å². The molecule has 1 fully saturated rings. The number of aryl methyl sites for hydroxylation is 2. The molecule has 0 radical (unpaired) electrons. The summed E-state index contributed by atoms with van der Waals surface area (Å²) in [6.07, 6.45) is 6.04. The summed E-state index contributed by atoms with van der Waals surface area (Å²) < 4.78 is 11.2. The lowest BCUT2D eigenvalue weighted by atomic mass is 9.88. The molecule has 4 rings (SSSR count). The lowest BCUT2D eigenvalue weighted by molar-refractivity contribution is -0.147. The van der Waals surface area contributed by atoms with E-state index < -0.39 is 17.4 Å². The molecule has 3 aromatic carbocycles. The number of nitrogens with one attached hydrogen (secondary N) is 1. The normalized spacial score (nSPS) is 13.5. The third-order valence-electron chi connectivity index (χ3n) is 9.12. The van der Waals surface area contributed by atoms with Crippen molar-refractivity contribution in [2.75, 3.05) is 31.2 Å². The van der Waals surface area contributed by atoms with E-state index in [9.17, 15) is 19.5 Å². The van der Waals surface area contributed by atoms with E-state index >= 15 is 0 Å². The molecule has 1 heterocycles. The average Bonchev–Trinajstić information content (AvgIpc) is 3.08. The Hall–Kier alpha value is -4.53. The highest BCUT2D eigenvalue weighted by molar-refractivity contribution is 5.91. The van der Waals surface area contributed by atoms with Crippen LogP contribution in [0.4, 0.5) is 5.69 Å². The summed E-state index contributed by atoms with van der Waals surface area (Å²) in [5.74, 6) is -0.272. The fraction of sp³-hybridized carbons (Fsp3) is 0.500. The van der Waals surface area contributed by atoms with Gasteiger partial charge in [0.15, 0.2) is 0 Å². The fourth-order valence-electron chi connectivity index (χ4n) is 6.17. The van der Waals surface area contributed by atoms with Crippen molar-refractivity contribution in [3.05, 3.63) is 88.5 Å². The molecule has 1 aliphatic rings. The van der Waals surface area contributed by atoms with Crippen molar-refractivity contribution in [1.29, 1.82) is 0 Å². The Morgan fingerprint density at radius 2 is 1.61 bits per heavy atom. The summed E-state index contributed by atoms with van der Waals surface area (Å²) in [5.41, 5.74) is 4.82. The van der Waals surface area contributed by atoms with Gasteiger partial charge in [0.1, 0.15) is 17.1 Å². The van der Waals surface area contributed by atoms with Crippen LogP contribution in [0.3, 0.4) is 0 Å². The molecule has 51 heavy (non-hydrogen) atoms. The molecule has 0 bridgehead atoms. The van der Waals surface area contributed by atoms with Crippen LogP contribution in [0, 0.1) is 25.2 Å². The Kier molecular flexibility index (Phi) is 15.8. The van der Waals surface area contributed by atoms with E-state index in [0.29, 0.717) is 31.3 Å². The molecule has 9 heteroatoms. The summed E-state index contributed by atoms with van der Waals surface area (Å²) >= 11 is 0. The number of ether oxygens (including phenoxy) is 2. The largest absolute Gasteiger partial charge is 0.493 e. The first-order chi connectivity index (χ1) is 24.2. The van der Waals surface area contributed by atoms with Crippen LogP contribution in [0.15, 0.2) is 60.7 Å². The van der Waals surface area contributed by atoms with Gasteiger partial charge in [-0.2, -0.15) is 0 Å². The van der Waals surface area contributed by atoms with Crippen LogP contribution in [0.2, 0.25) is 0 Å². The average molecular weight is 703 g/mol. The molecule has 0 unspecified atom stereocenters. The smallest absolute Gasteiger partial charge is 0.339 e. The Bertz CT molecular complexity index is 1590. The summed E-state index contributed by atoms with van der Waals surface area (Å²) in [4.78, 5) is 37.9. The second-order valence-corrected chi connectivity index (χ2v) is 14.5. The highest BCUT2D eigenvalue weighted by Gasteiger charge is 2.26. The van der Waals surface area contributed by atoms with E-state index in [0.717, 1.165) is 48.4 Å². The molecule has 1 amide bonds. The predicted octanol–water partition coefficient (Wildman–Crippen LogP) is 8.79. The number of carboxylic acid groups (broad SMARTS) is 2. The van der Waals surface area contributed by atoms with Gasteiger partial charge in [-0.15, -0.1) is 0 Å². The quantitative estimate of drug-likeness (QED) is 0.127. The highest BCUT2D eigenvalue weighted by atomic mass is 16.5. The zero-order chi connectivity index (χ0) is 37.6. The standard InChI is InChI=1S/C27H36N2O4.C15H22O3/c1-4-33-25-17-20(12-13-22(25)27(31)32)18-26(30)28-23(16-19(2)3)21-10-6-7-11-24(21)29-14-8-5-9-15-29;1-11-6-7-12(2)13(10-11)18-9-5-8-15(3,4)14(16)17/h6-7,10-13,17,19,23H,4-5,8-9,14-16,18H2,1-3H3,(H,28,30)(H,31,32);6-7,10H,5,8-9H2,1-4H3,(H,16,17)/t23-;/m0./s1. The molecule has 3 N–H and O–H groups in total. The molecule has 1 saturated heterocycles. The van der Waals surface area contributed by atoms with Crippen LogP contribution >= 0.6 is 0 Å². The van der Waals surface area contributed by atoms with Gasteiger partial charge < -0.3 is 29.9 Å². The van der Waals surface area contributed by atoms with Crippen LogP contribution in [-0.2, 0) is 16.0 Å². The van der Waals surface area contributed by atoms with E-state index in [2.05, 4.69) is 48.3 Å². The Balaban J connectivity index is 0.000000330. The molecule has 9 nitrogen and oxygen atoms in total. The Labute approximate surface area is 304 Å². The summed E-state index contributed by atoms with van der Waals surface area (Å²) in [7, 11) is 0. The number of piperidine rings is 1. The molecular weight excluding hydrogens is 644 g/mol. The van der Waals surface area contributed by atoms with Gasteiger partial charge in [-0.25, -0.2) is 4.79 Å². The number of carbonyl (C=O) groups is 3. The van der Waals surface area contributed by atoms with Crippen molar-refractivity contribution in [1.82, 2.24) is 5.32 Å². The van der Waals surface area contributed by atoms with Crippen LogP contribution in [0.1, 0.15) is 112 Å². The monoisotopic (exact) mass is 702 g/mol. The summed E-state index contributed by atoms with van der Waals surface area (Å²) in [6.45, 7) is 16.7. The molecule has 1 aliphatic heterocycles. The maximum atomic E-state index is 13.1. The number of rotatable bonds is 16. The number of hydrogen-bond donors (Lipinski definition) is 3. The van der Waals surface area contributed by atoms with Crippen molar-refractivity contribution in [3.63, 3.8) is 0 Å². The van der Waals surface area contributed by atoms with Crippen LogP contribution in [0.25, 0.3) is 0 Å². The zero-order valence-corrected chi connectivity index (χ0v) is 31.6. The number of benzene rings is 3. The second kappa shape index (κ2) is 19.8. The summed E-state index contributed by atoms with van der Waals surface area (Å²) in [6, 6.07) is 19.3. The Morgan fingerprint density at radius 3 is 2.25 bits per heavy atom. The number of hydrogen-bond acceptors (Lipinski definition) is 6. The number of carbonyl (C=O) groups excluding carboxylic acids is 1. The minimum Gasteiger partial charge on any atom is -0.493 e. The van der Waals surface area contributed by atoms with E-state index in [1.165, 1.54) is 36.6 Å². The highest BCUT2D eigenvalue weighted by Crippen LogP contribution is 2.32. The van der Waals surface area contributed by atoms with Gasteiger partial charge in [-0.3, -0.25) is 9.59 Å². The number of anilines is 1. The molecule has 0 aromatic heterocycles. The number of amides is 1. The maximum absolute atomic E-state index is 13.1. The van der Waals surface area contributed by atoms with Gasteiger partial charge in [0.25, 0.3) is 0 Å². The van der Waals surface area contributed by atoms with Gasteiger partial charge in [-0.1, -0.05) is 50.2 Å². The molecular formula is C42H58N2O7. The minimum absolute atomic E-state index is 0.0831. The first-order valence-corrected chi connectivity index (χ1v) is 18.3. The SMILES string of the molecule is CCOc1cc(CC(=O)N[C@@H](CC(C)C)c2ccccc2N2CCCCC2)ccc1C(=O)O.Cc1ccc(C)c(OCCCC(C)(C)C(=O)O)c1. The Morgan fingerprint density at radius 1 is 0.902 bits per heavy atom. The molecule has 0 aliphatic carbocycles. The number of carboxylic acids is 2. The maximum Gasteiger partial charge on any atom is 0.339 e. The zero-order valence-electron chi connectivity index (χ0n) is 31.6. The van der Waals surface area contributed by atoms with E-state index in [1.54, 1.807) is 32.9 Å². The van der Waals surface area contributed by atoms with Crippen LogP contribution in [-0.4, -0.2) is 54.4 Å². The van der Waals surface area contributed by atoms with E-state index in [4.69, 9.17) is 14.6 Å². The van der Waals surface area contributed by atoms with Gasteiger partial charge in [0.2, 0.25) is 5.91 Å². The van der Waals surface area contributed by atoms with Crippen LogP contribution in [0.5, 0.6) is 11.5 Å². The first kappa shape index (κ1) is 40.9. The van der Waals surface area contributed by atoms with Gasteiger partial charge in [-0.05, 0) is 126 Å². The van der Waals surface area contributed by atoms with Crippen molar-refractivity contribution in [2.24, 2.45) is 11.3 Å². The third kappa shape index (κ3) is 12.9. The van der Waals surface area contributed by atoms with E-state index in [-0.39, 0.29) is 23.9 Å². The molecule has 0 spiro atoms. The lowest BCUT2D eigenvalue weighted by Gasteiger charge is -2.33. The number of para-hydroxylation sites is 1. The molecule has 3 aromatic rings. The minimum atomic E-state index is -1.04. The third-order valence-corrected chi connectivity index (χ3v) is 9.12. The van der Waals surface area contributed by atoms with E-state index in [1.807, 2.05) is 32.0 Å². The van der Waals surface area contributed by atoms with Crippen molar-refractivity contribution in [2.45, 2.75) is 99.5 Å². The molecule has 278 valence electrons.